The molecule has 2 nitrogen and oxygen atoms in total. The molecule has 0 heterocycles. The molecule has 0 amide bonds. The lowest BCUT2D eigenvalue weighted by atomic mass is 9.76. The van der Waals surface area contributed by atoms with Crippen molar-refractivity contribution in [1.82, 2.24) is 5.32 Å². The van der Waals surface area contributed by atoms with Gasteiger partial charge in [0, 0.05) is 6.04 Å². The van der Waals surface area contributed by atoms with E-state index in [9.17, 15) is 8.78 Å². The molecule has 1 aliphatic rings. The van der Waals surface area contributed by atoms with E-state index in [1.54, 1.807) is 12.1 Å². The van der Waals surface area contributed by atoms with Crippen LogP contribution in [0.1, 0.15) is 50.6 Å². The molecule has 21 heavy (non-hydrogen) atoms. The van der Waals surface area contributed by atoms with E-state index >= 15 is 0 Å². The summed E-state index contributed by atoms with van der Waals surface area (Å²) in [6.07, 6.45) is 6.34. The van der Waals surface area contributed by atoms with Gasteiger partial charge in [0.25, 0.3) is 0 Å². The van der Waals surface area contributed by atoms with Gasteiger partial charge >= 0.3 is 6.61 Å². The van der Waals surface area contributed by atoms with Crippen LogP contribution in [0, 0.1) is 11.8 Å². The average Bonchev–Trinajstić information content (AvgIpc) is 2.50. The van der Waals surface area contributed by atoms with Gasteiger partial charge in [-0.05, 0) is 49.4 Å². The van der Waals surface area contributed by atoms with Crippen molar-refractivity contribution in [1.29, 1.82) is 0 Å². The van der Waals surface area contributed by atoms with E-state index in [1.165, 1.54) is 32.1 Å². The molecule has 1 N–H and O–H groups in total. The van der Waals surface area contributed by atoms with E-state index in [0.29, 0.717) is 12.0 Å². The fourth-order valence-electron chi connectivity index (χ4n) is 3.46. The molecule has 1 unspecified atom stereocenters. The first kappa shape index (κ1) is 16.2. The van der Waals surface area contributed by atoms with Crippen LogP contribution in [0.5, 0.6) is 5.75 Å². The van der Waals surface area contributed by atoms with Crippen LogP contribution in [0.3, 0.4) is 0 Å². The van der Waals surface area contributed by atoms with Crippen LogP contribution in [0.4, 0.5) is 8.78 Å². The number of alkyl halides is 2. The summed E-state index contributed by atoms with van der Waals surface area (Å²) in [4.78, 5) is 0. The molecule has 1 aromatic rings. The van der Waals surface area contributed by atoms with E-state index in [1.807, 2.05) is 19.2 Å². The Morgan fingerprint density at radius 2 is 1.76 bits per heavy atom. The minimum absolute atomic E-state index is 0.221. The maximum atomic E-state index is 12.2. The number of hydrogen-bond acceptors (Lipinski definition) is 2. The number of ether oxygens (including phenoxy) is 1. The summed E-state index contributed by atoms with van der Waals surface area (Å²) in [5, 5.41) is 3.39. The minimum atomic E-state index is -2.76. The van der Waals surface area contributed by atoms with Crippen LogP contribution >= 0.6 is 0 Å². The zero-order valence-electron chi connectivity index (χ0n) is 12.8. The average molecular weight is 297 g/mol. The van der Waals surface area contributed by atoms with Gasteiger partial charge in [-0.2, -0.15) is 8.78 Å². The van der Waals surface area contributed by atoms with Gasteiger partial charge < -0.3 is 10.1 Å². The van der Waals surface area contributed by atoms with E-state index in [2.05, 4.69) is 17.0 Å². The van der Waals surface area contributed by atoms with Gasteiger partial charge in [0.2, 0.25) is 0 Å². The van der Waals surface area contributed by atoms with Crippen molar-refractivity contribution < 1.29 is 13.5 Å². The summed E-state index contributed by atoms with van der Waals surface area (Å²) in [7, 11) is 1.97. The number of nitrogens with one attached hydrogen (secondary N) is 1. The first-order valence-electron chi connectivity index (χ1n) is 7.86. The normalized spacial score (nSPS) is 24.0. The maximum Gasteiger partial charge on any atom is 0.387 e. The van der Waals surface area contributed by atoms with Crippen molar-refractivity contribution in [3.63, 3.8) is 0 Å². The van der Waals surface area contributed by atoms with Crippen molar-refractivity contribution in [2.75, 3.05) is 7.05 Å². The Morgan fingerprint density at radius 3 is 2.24 bits per heavy atom. The predicted molar refractivity (Wildman–Crippen MR) is 80.6 cm³/mol. The molecule has 1 atom stereocenters. The highest BCUT2D eigenvalue weighted by atomic mass is 19.3. The second-order valence-corrected chi connectivity index (χ2v) is 5.90. The van der Waals surface area contributed by atoms with Crippen LogP contribution in [0.25, 0.3) is 0 Å². The summed E-state index contributed by atoms with van der Waals surface area (Å²) >= 11 is 0. The van der Waals surface area contributed by atoms with Crippen molar-refractivity contribution in [3.8, 4) is 5.75 Å². The SMILES string of the molecule is CCC1CCC(C(NC)c2ccc(OC(F)F)cc2)CC1. The second kappa shape index (κ2) is 7.74. The molecule has 0 aromatic heterocycles. The Morgan fingerprint density at radius 1 is 1.14 bits per heavy atom. The zero-order chi connectivity index (χ0) is 15.2. The van der Waals surface area contributed by atoms with Crippen LogP contribution in [0.2, 0.25) is 0 Å². The Bertz CT molecular complexity index is 413. The first-order chi connectivity index (χ1) is 10.1. The summed E-state index contributed by atoms with van der Waals surface area (Å²) in [5.74, 6) is 1.72. The fraction of sp³-hybridized carbons (Fsp3) is 0.647. The number of hydrogen-bond donors (Lipinski definition) is 1. The maximum absolute atomic E-state index is 12.2. The molecule has 0 saturated heterocycles. The zero-order valence-corrected chi connectivity index (χ0v) is 12.8. The second-order valence-electron chi connectivity index (χ2n) is 5.90. The molecular formula is C17H25F2NO. The predicted octanol–water partition coefficient (Wildman–Crippen LogP) is 4.76. The largest absolute Gasteiger partial charge is 0.435 e. The van der Waals surface area contributed by atoms with Gasteiger partial charge in [0.05, 0.1) is 0 Å². The molecule has 1 aromatic carbocycles. The van der Waals surface area contributed by atoms with Gasteiger partial charge in [0.15, 0.2) is 0 Å². The third kappa shape index (κ3) is 4.40. The summed E-state index contributed by atoms with van der Waals surface area (Å²) in [5.41, 5.74) is 1.15. The van der Waals surface area contributed by atoms with Crippen LogP contribution < -0.4 is 10.1 Å². The van der Waals surface area contributed by atoms with Crippen molar-refractivity contribution in [2.24, 2.45) is 11.8 Å². The molecule has 0 bridgehead atoms. The lowest BCUT2D eigenvalue weighted by Crippen LogP contribution is -2.28. The highest BCUT2D eigenvalue weighted by Crippen LogP contribution is 2.38. The lowest BCUT2D eigenvalue weighted by molar-refractivity contribution is -0.0498. The van der Waals surface area contributed by atoms with Crippen LogP contribution in [0.15, 0.2) is 24.3 Å². The molecule has 4 heteroatoms. The van der Waals surface area contributed by atoms with Crippen molar-refractivity contribution in [3.05, 3.63) is 29.8 Å². The molecule has 1 saturated carbocycles. The van der Waals surface area contributed by atoms with E-state index in [4.69, 9.17) is 0 Å². The van der Waals surface area contributed by atoms with Crippen molar-refractivity contribution >= 4 is 0 Å². The van der Waals surface area contributed by atoms with Gasteiger partial charge in [-0.1, -0.05) is 38.3 Å². The fourth-order valence-corrected chi connectivity index (χ4v) is 3.46. The standard InChI is InChI=1S/C17H25F2NO/c1-3-12-4-6-13(7-5-12)16(20-2)14-8-10-15(11-9-14)21-17(18)19/h8-13,16-17,20H,3-7H2,1-2H3. The summed E-state index contributed by atoms with van der Waals surface area (Å²) in [6.45, 7) is -0.497. The van der Waals surface area contributed by atoms with Gasteiger partial charge in [0.1, 0.15) is 5.75 Å². The summed E-state index contributed by atoms with van der Waals surface area (Å²) in [6, 6.07) is 7.34. The molecule has 1 aliphatic carbocycles. The van der Waals surface area contributed by atoms with E-state index in [0.717, 1.165) is 11.5 Å². The highest BCUT2D eigenvalue weighted by molar-refractivity contribution is 5.29. The topological polar surface area (TPSA) is 21.3 Å². The Hall–Kier alpha value is -1.16. The third-order valence-corrected chi connectivity index (χ3v) is 4.72. The van der Waals surface area contributed by atoms with E-state index in [-0.39, 0.29) is 5.75 Å². The van der Waals surface area contributed by atoms with Crippen LogP contribution in [-0.4, -0.2) is 13.7 Å². The summed E-state index contributed by atoms with van der Waals surface area (Å²) < 4.78 is 28.7. The molecule has 0 radical (unpaired) electrons. The number of halogens is 2. The molecule has 118 valence electrons. The minimum Gasteiger partial charge on any atom is -0.435 e. The van der Waals surface area contributed by atoms with Gasteiger partial charge in [-0.3, -0.25) is 0 Å². The third-order valence-electron chi connectivity index (χ3n) is 4.72. The Kier molecular flexibility index (Phi) is 5.97. The monoisotopic (exact) mass is 297 g/mol. The van der Waals surface area contributed by atoms with Crippen LogP contribution in [-0.2, 0) is 0 Å². The molecule has 1 fully saturated rings. The lowest BCUT2D eigenvalue weighted by Gasteiger charge is -2.33. The highest BCUT2D eigenvalue weighted by Gasteiger charge is 2.27. The molecule has 0 aliphatic heterocycles. The Labute approximate surface area is 125 Å². The number of benzene rings is 1. The first-order valence-corrected chi connectivity index (χ1v) is 7.86. The van der Waals surface area contributed by atoms with Gasteiger partial charge in [-0.25, -0.2) is 0 Å². The number of rotatable bonds is 6. The van der Waals surface area contributed by atoms with Gasteiger partial charge in [-0.15, -0.1) is 0 Å². The smallest absolute Gasteiger partial charge is 0.387 e. The Balaban J connectivity index is 2.00. The van der Waals surface area contributed by atoms with Crippen molar-refractivity contribution in [2.45, 2.75) is 51.7 Å². The van der Waals surface area contributed by atoms with E-state index < -0.39 is 6.61 Å². The molecular weight excluding hydrogens is 272 g/mol. The molecule has 2 rings (SSSR count). The quantitative estimate of drug-likeness (QED) is 0.817. The molecule has 0 spiro atoms.